The summed E-state index contributed by atoms with van der Waals surface area (Å²) >= 11 is 3.40. The molecule has 4 atom stereocenters. The minimum atomic E-state index is -0.176. The van der Waals surface area contributed by atoms with E-state index in [0.29, 0.717) is 11.4 Å². The molecule has 1 saturated carbocycles. The molecule has 2 amide bonds. The molecule has 5 rings (SSSR count). The Balaban J connectivity index is 1.37. The van der Waals surface area contributed by atoms with Gasteiger partial charge in [0.05, 0.1) is 17.5 Å². The summed E-state index contributed by atoms with van der Waals surface area (Å²) in [6.07, 6.45) is 3.14. The van der Waals surface area contributed by atoms with Crippen LogP contribution in [0.25, 0.3) is 0 Å². The van der Waals surface area contributed by atoms with Crippen molar-refractivity contribution in [3.63, 3.8) is 0 Å². The molecular formula is C22H18BrNO3. The van der Waals surface area contributed by atoms with E-state index in [9.17, 15) is 9.59 Å². The Morgan fingerprint density at radius 2 is 1.52 bits per heavy atom. The Hall–Kier alpha value is -2.40. The molecule has 2 aromatic carbocycles. The molecule has 2 aromatic rings. The Bertz CT molecular complexity index is 964. The van der Waals surface area contributed by atoms with Gasteiger partial charge in [0.2, 0.25) is 11.8 Å². The van der Waals surface area contributed by atoms with Crippen molar-refractivity contribution in [1.29, 1.82) is 0 Å². The van der Waals surface area contributed by atoms with Gasteiger partial charge in [0.1, 0.15) is 11.5 Å². The van der Waals surface area contributed by atoms with E-state index in [4.69, 9.17) is 4.74 Å². The third-order valence-corrected chi connectivity index (χ3v) is 6.55. The summed E-state index contributed by atoms with van der Waals surface area (Å²) in [5.74, 6) is 1.40. The van der Waals surface area contributed by atoms with Gasteiger partial charge in [-0.05, 0) is 73.7 Å². The quantitative estimate of drug-likeness (QED) is 0.518. The average Bonchev–Trinajstić information content (AvgIpc) is 3.29. The van der Waals surface area contributed by atoms with Gasteiger partial charge in [0.25, 0.3) is 0 Å². The molecule has 1 heterocycles. The molecule has 0 radical (unpaired) electrons. The Morgan fingerprint density at radius 1 is 0.926 bits per heavy atom. The average molecular weight is 424 g/mol. The molecule has 5 heteroatoms. The second kappa shape index (κ2) is 6.06. The predicted octanol–water partition coefficient (Wildman–Crippen LogP) is 4.94. The van der Waals surface area contributed by atoms with Crippen LogP contribution in [0.4, 0.5) is 5.69 Å². The maximum absolute atomic E-state index is 13.0. The van der Waals surface area contributed by atoms with Crippen LogP contribution in [0.2, 0.25) is 0 Å². The van der Waals surface area contributed by atoms with Crippen molar-refractivity contribution in [1.82, 2.24) is 0 Å². The molecule has 1 aliphatic heterocycles. The number of benzene rings is 2. The molecule has 0 spiro atoms. The molecule has 2 bridgehead atoms. The number of anilines is 1. The Kier molecular flexibility index (Phi) is 3.76. The minimum absolute atomic E-state index is 0.0495. The number of allylic oxidation sites excluding steroid dienone is 2. The number of hydrogen-bond acceptors (Lipinski definition) is 3. The SMILES string of the molecule is CC1=C[C@H]2C[C@@H]1[C@@H]1C(=O)N(c3ccc(Oc4ccc(Br)cc4)cc3)C(=O)[C@@H]12. The van der Waals surface area contributed by atoms with Gasteiger partial charge in [0, 0.05) is 4.47 Å². The highest BCUT2D eigenvalue weighted by Gasteiger charge is 2.60. The first kappa shape index (κ1) is 16.8. The summed E-state index contributed by atoms with van der Waals surface area (Å²) in [7, 11) is 0. The van der Waals surface area contributed by atoms with Crippen molar-refractivity contribution < 1.29 is 14.3 Å². The highest BCUT2D eigenvalue weighted by atomic mass is 79.9. The molecule has 0 aromatic heterocycles. The smallest absolute Gasteiger partial charge is 0.238 e. The molecular weight excluding hydrogens is 406 g/mol. The molecule has 2 aliphatic carbocycles. The van der Waals surface area contributed by atoms with Gasteiger partial charge in [-0.15, -0.1) is 0 Å². The number of ether oxygens (including phenoxy) is 1. The summed E-state index contributed by atoms with van der Waals surface area (Å²) in [6.45, 7) is 2.08. The van der Waals surface area contributed by atoms with Gasteiger partial charge in [-0.2, -0.15) is 0 Å². The van der Waals surface area contributed by atoms with Crippen molar-refractivity contribution in [2.75, 3.05) is 4.90 Å². The Morgan fingerprint density at radius 3 is 2.19 bits per heavy atom. The predicted molar refractivity (Wildman–Crippen MR) is 105 cm³/mol. The van der Waals surface area contributed by atoms with Crippen LogP contribution in [0.15, 0.2) is 64.7 Å². The third kappa shape index (κ3) is 2.56. The number of fused-ring (bicyclic) bond motifs is 5. The van der Waals surface area contributed by atoms with E-state index in [-0.39, 0.29) is 35.5 Å². The fourth-order valence-corrected chi connectivity index (χ4v) is 5.10. The van der Waals surface area contributed by atoms with E-state index in [1.807, 2.05) is 24.3 Å². The summed E-state index contributed by atoms with van der Waals surface area (Å²) in [5, 5.41) is 0. The van der Waals surface area contributed by atoms with E-state index in [1.54, 1.807) is 24.3 Å². The molecule has 27 heavy (non-hydrogen) atoms. The van der Waals surface area contributed by atoms with Crippen LogP contribution in [0.3, 0.4) is 0 Å². The molecule has 1 saturated heterocycles. The normalized spacial score (nSPS) is 28.5. The minimum Gasteiger partial charge on any atom is -0.457 e. The zero-order valence-corrected chi connectivity index (χ0v) is 16.3. The lowest BCUT2D eigenvalue weighted by molar-refractivity contribution is -0.123. The van der Waals surface area contributed by atoms with E-state index in [1.165, 1.54) is 10.5 Å². The van der Waals surface area contributed by atoms with Crippen LogP contribution in [-0.2, 0) is 9.59 Å². The number of hydrogen-bond donors (Lipinski definition) is 0. The summed E-state index contributed by atoms with van der Waals surface area (Å²) in [5.41, 5.74) is 1.89. The van der Waals surface area contributed by atoms with Crippen molar-refractivity contribution in [3.8, 4) is 11.5 Å². The van der Waals surface area contributed by atoms with Crippen LogP contribution >= 0.6 is 15.9 Å². The van der Waals surface area contributed by atoms with Gasteiger partial charge in [-0.25, -0.2) is 0 Å². The first-order valence-electron chi connectivity index (χ1n) is 9.12. The number of halogens is 1. The standard InChI is InChI=1S/C22H18BrNO3/c1-12-10-13-11-18(12)20-19(13)21(25)24(22(20)26)15-4-8-17(9-5-15)27-16-6-2-14(23)3-7-16/h2-10,13,18-20H,11H2,1H3/t13-,18-,19+,20-/m0/s1. The summed E-state index contributed by atoms with van der Waals surface area (Å²) in [4.78, 5) is 27.3. The van der Waals surface area contributed by atoms with Crippen LogP contribution in [-0.4, -0.2) is 11.8 Å². The summed E-state index contributed by atoms with van der Waals surface area (Å²) < 4.78 is 6.81. The zero-order chi connectivity index (χ0) is 18.7. The lowest BCUT2D eigenvalue weighted by atomic mass is 9.82. The van der Waals surface area contributed by atoms with E-state index in [0.717, 1.165) is 16.6 Å². The van der Waals surface area contributed by atoms with Crippen LogP contribution in [0.1, 0.15) is 13.3 Å². The van der Waals surface area contributed by atoms with Crippen molar-refractivity contribution in [2.24, 2.45) is 23.7 Å². The maximum atomic E-state index is 13.0. The highest BCUT2D eigenvalue weighted by Crippen LogP contribution is 2.55. The fourth-order valence-electron chi connectivity index (χ4n) is 4.83. The lowest BCUT2D eigenvalue weighted by Gasteiger charge is -2.19. The zero-order valence-electron chi connectivity index (χ0n) is 14.8. The lowest BCUT2D eigenvalue weighted by Crippen LogP contribution is -2.32. The van der Waals surface area contributed by atoms with E-state index >= 15 is 0 Å². The van der Waals surface area contributed by atoms with Gasteiger partial charge in [0.15, 0.2) is 0 Å². The number of carbonyl (C=O) groups excluding carboxylic acids is 2. The van der Waals surface area contributed by atoms with Crippen LogP contribution in [0.5, 0.6) is 11.5 Å². The third-order valence-electron chi connectivity index (χ3n) is 6.02. The van der Waals surface area contributed by atoms with Crippen molar-refractivity contribution in [3.05, 3.63) is 64.7 Å². The van der Waals surface area contributed by atoms with Gasteiger partial charge < -0.3 is 4.74 Å². The first-order valence-corrected chi connectivity index (χ1v) is 9.92. The number of amides is 2. The topological polar surface area (TPSA) is 46.6 Å². The molecule has 4 nitrogen and oxygen atoms in total. The van der Waals surface area contributed by atoms with Crippen LogP contribution in [0, 0.1) is 23.7 Å². The monoisotopic (exact) mass is 423 g/mol. The number of nitrogens with zero attached hydrogens (tertiary/aromatic N) is 1. The van der Waals surface area contributed by atoms with E-state index < -0.39 is 0 Å². The fraction of sp³-hybridized carbons (Fsp3) is 0.273. The summed E-state index contributed by atoms with van der Waals surface area (Å²) in [6, 6.07) is 14.7. The van der Waals surface area contributed by atoms with Crippen molar-refractivity contribution >= 4 is 33.4 Å². The number of carbonyl (C=O) groups is 2. The Labute approximate surface area is 165 Å². The van der Waals surface area contributed by atoms with Crippen LogP contribution < -0.4 is 9.64 Å². The number of imide groups is 1. The highest BCUT2D eigenvalue weighted by molar-refractivity contribution is 9.10. The maximum Gasteiger partial charge on any atom is 0.238 e. The molecule has 0 unspecified atom stereocenters. The van der Waals surface area contributed by atoms with E-state index in [2.05, 4.69) is 28.9 Å². The van der Waals surface area contributed by atoms with Crippen molar-refractivity contribution in [2.45, 2.75) is 13.3 Å². The second-order valence-corrected chi connectivity index (χ2v) is 8.45. The van der Waals surface area contributed by atoms with Gasteiger partial charge in [-0.3, -0.25) is 14.5 Å². The second-order valence-electron chi connectivity index (χ2n) is 7.53. The molecule has 0 N–H and O–H groups in total. The largest absolute Gasteiger partial charge is 0.457 e. The van der Waals surface area contributed by atoms with Gasteiger partial charge in [-0.1, -0.05) is 27.6 Å². The molecule has 2 fully saturated rings. The first-order chi connectivity index (χ1) is 13.0. The molecule has 136 valence electrons. The van der Waals surface area contributed by atoms with Gasteiger partial charge >= 0.3 is 0 Å². The number of rotatable bonds is 3. The molecule has 3 aliphatic rings.